The van der Waals surface area contributed by atoms with Gasteiger partial charge in [-0.3, -0.25) is 4.79 Å². The van der Waals surface area contributed by atoms with Gasteiger partial charge in [0.15, 0.2) is 0 Å². The SMILES string of the molecule is COCCC(N)C(=O)NC1CCCC(C)CC1. The number of nitrogens with one attached hydrogen (secondary N) is 1. The Morgan fingerprint density at radius 3 is 2.88 bits per heavy atom. The minimum absolute atomic E-state index is 0.0263. The van der Waals surface area contributed by atoms with Crippen LogP contribution in [0.15, 0.2) is 0 Å². The Bertz CT molecular complexity index is 233. The van der Waals surface area contributed by atoms with E-state index in [-0.39, 0.29) is 5.91 Å². The summed E-state index contributed by atoms with van der Waals surface area (Å²) in [5.74, 6) is 0.765. The summed E-state index contributed by atoms with van der Waals surface area (Å²) < 4.78 is 4.93. The molecular formula is C13H26N2O2. The van der Waals surface area contributed by atoms with Crippen molar-refractivity contribution < 1.29 is 9.53 Å². The van der Waals surface area contributed by atoms with Gasteiger partial charge in [0, 0.05) is 19.8 Å². The van der Waals surface area contributed by atoms with Crippen molar-refractivity contribution in [2.75, 3.05) is 13.7 Å². The Balaban J connectivity index is 2.29. The van der Waals surface area contributed by atoms with Crippen molar-refractivity contribution >= 4 is 5.91 Å². The highest BCUT2D eigenvalue weighted by atomic mass is 16.5. The molecule has 4 nitrogen and oxygen atoms in total. The number of carbonyl (C=O) groups is 1. The van der Waals surface area contributed by atoms with E-state index >= 15 is 0 Å². The number of hydrogen-bond donors (Lipinski definition) is 2. The van der Waals surface area contributed by atoms with Gasteiger partial charge in [-0.1, -0.05) is 19.8 Å². The van der Waals surface area contributed by atoms with Crippen LogP contribution in [0.5, 0.6) is 0 Å². The van der Waals surface area contributed by atoms with E-state index in [1.165, 1.54) is 19.3 Å². The van der Waals surface area contributed by atoms with Gasteiger partial charge in [0.2, 0.25) is 5.91 Å². The smallest absolute Gasteiger partial charge is 0.237 e. The first-order valence-corrected chi connectivity index (χ1v) is 6.68. The van der Waals surface area contributed by atoms with E-state index in [1.54, 1.807) is 7.11 Å². The van der Waals surface area contributed by atoms with Crippen molar-refractivity contribution in [3.05, 3.63) is 0 Å². The summed E-state index contributed by atoms with van der Waals surface area (Å²) in [6, 6.07) is -0.114. The van der Waals surface area contributed by atoms with Gasteiger partial charge in [0.1, 0.15) is 0 Å². The molecule has 1 fully saturated rings. The molecule has 0 spiro atoms. The molecule has 1 rings (SSSR count). The highest BCUT2D eigenvalue weighted by Crippen LogP contribution is 2.22. The molecule has 0 aromatic heterocycles. The molecular weight excluding hydrogens is 216 g/mol. The van der Waals surface area contributed by atoms with Crippen LogP contribution in [0.2, 0.25) is 0 Å². The molecule has 1 amide bonds. The molecule has 0 radical (unpaired) electrons. The van der Waals surface area contributed by atoms with Crippen LogP contribution in [0.4, 0.5) is 0 Å². The van der Waals surface area contributed by atoms with Crippen LogP contribution < -0.4 is 11.1 Å². The van der Waals surface area contributed by atoms with Crippen LogP contribution in [0.25, 0.3) is 0 Å². The van der Waals surface area contributed by atoms with Crippen molar-refractivity contribution in [2.24, 2.45) is 11.7 Å². The fraction of sp³-hybridized carbons (Fsp3) is 0.923. The summed E-state index contributed by atoms with van der Waals surface area (Å²) in [4.78, 5) is 11.8. The fourth-order valence-electron chi connectivity index (χ4n) is 2.32. The van der Waals surface area contributed by atoms with Gasteiger partial charge in [0.25, 0.3) is 0 Å². The molecule has 0 aliphatic heterocycles. The van der Waals surface area contributed by atoms with Crippen molar-refractivity contribution in [2.45, 2.75) is 57.5 Å². The summed E-state index contributed by atoms with van der Waals surface area (Å²) in [5.41, 5.74) is 5.79. The molecule has 1 saturated carbocycles. The number of nitrogens with two attached hydrogens (primary N) is 1. The van der Waals surface area contributed by atoms with Gasteiger partial charge >= 0.3 is 0 Å². The molecule has 3 atom stereocenters. The lowest BCUT2D eigenvalue weighted by Crippen LogP contribution is -2.45. The summed E-state index contributed by atoms with van der Waals surface area (Å²) in [6.45, 7) is 2.82. The first kappa shape index (κ1) is 14.5. The van der Waals surface area contributed by atoms with Gasteiger partial charge in [-0.15, -0.1) is 0 Å². The molecule has 4 heteroatoms. The molecule has 1 aliphatic rings. The zero-order valence-electron chi connectivity index (χ0n) is 11.1. The van der Waals surface area contributed by atoms with Crippen molar-refractivity contribution in [1.29, 1.82) is 0 Å². The second-order valence-electron chi connectivity index (χ2n) is 5.21. The average Bonchev–Trinajstić information content (AvgIpc) is 2.51. The highest BCUT2D eigenvalue weighted by molar-refractivity contribution is 5.81. The lowest BCUT2D eigenvalue weighted by atomic mass is 10.0. The topological polar surface area (TPSA) is 64.3 Å². The number of methoxy groups -OCH3 is 1. The number of hydrogen-bond acceptors (Lipinski definition) is 3. The predicted molar refractivity (Wildman–Crippen MR) is 68.6 cm³/mol. The Morgan fingerprint density at radius 2 is 2.18 bits per heavy atom. The second kappa shape index (κ2) is 7.67. The molecule has 17 heavy (non-hydrogen) atoms. The number of carbonyl (C=O) groups excluding carboxylic acids is 1. The third kappa shape index (κ3) is 5.50. The van der Waals surface area contributed by atoms with Crippen LogP contribution in [0.1, 0.15) is 45.4 Å². The zero-order chi connectivity index (χ0) is 12.7. The molecule has 3 unspecified atom stereocenters. The van der Waals surface area contributed by atoms with Gasteiger partial charge in [-0.2, -0.15) is 0 Å². The second-order valence-corrected chi connectivity index (χ2v) is 5.21. The predicted octanol–water partition coefficient (Wildman–Crippen LogP) is 1.44. The van der Waals surface area contributed by atoms with Gasteiger partial charge in [-0.25, -0.2) is 0 Å². The summed E-state index contributed by atoms with van der Waals surface area (Å²) in [7, 11) is 1.62. The van der Waals surface area contributed by atoms with E-state index < -0.39 is 6.04 Å². The zero-order valence-corrected chi connectivity index (χ0v) is 11.1. The van der Waals surface area contributed by atoms with E-state index in [0.29, 0.717) is 19.1 Å². The molecule has 0 aromatic rings. The van der Waals surface area contributed by atoms with Gasteiger partial charge in [0.05, 0.1) is 6.04 Å². The standard InChI is InChI=1S/C13H26N2O2/c1-10-4-3-5-11(7-6-10)15-13(16)12(14)8-9-17-2/h10-12H,3-9,14H2,1-2H3,(H,15,16). The maximum atomic E-state index is 11.8. The quantitative estimate of drug-likeness (QED) is 0.717. The molecule has 0 heterocycles. The summed E-state index contributed by atoms with van der Waals surface area (Å²) in [6.07, 6.45) is 6.46. The molecule has 0 saturated heterocycles. The van der Waals surface area contributed by atoms with Crippen molar-refractivity contribution in [3.8, 4) is 0 Å². The lowest BCUT2D eigenvalue weighted by Gasteiger charge is -2.19. The van der Waals surface area contributed by atoms with Crippen molar-refractivity contribution in [3.63, 3.8) is 0 Å². The lowest BCUT2D eigenvalue weighted by molar-refractivity contribution is -0.123. The Labute approximate surface area is 104 Å². The van der Waals surface area contributed by atoms with E-state index in [4.69, 9.17) is 10.5 Å². The highest BCUT2D eigenvalue weighted by Gasteiger charge is 2.20. The Kier molecular flexibility index (Phi) is 6.52. The third-order valence-corrected chi connectivity index (χ3v) is 3.57. The largest absolute Gasteiger partial charge is 0.385 e. The Morgan fingerprint density at radius 1 is 1.41 bits per heavy atom. The first-order chi connectivity index (χ1) is 8.13. The van der Waals surface area contributed by atoms with Crippen LogP contribution in [-0.4, -0.2) is 31.7 Å². The molecule has 0 bridgehead atoms. The van der Waals surface area contributed by atoms with E-state index in [9.17, 15) is 4.79 Å². The van der Waals surface area contributed by atoms with Crippen LogP contribution in [0.3, 0.4) is 0 Å². The average molecular weight is 242 g/mol. The van der Waals surface area contributed by atoms with Gasteiger partial charge in [-0.05, 0) is 31.6 Å². The van der Waals surface area contributed by atoms with E-state index in [1.807, 2.05) is 0 Å². The van der Waals surface area contributed by atoms with E-state index in [0.717, 1.165) is 18.8 Å². The van der Waals surface area contributed by atoms with E-state index in [2.05, 4.69) is 12.2 Å². The number of amides is 1. The maximum absolute atomic E-state index is 11.8. The number of ether oxygens (including phenoxy) is 1. The Hall–Kier alpha value is -0.610. The van der Waals surface area contributed by atoms with Crippen molar-refractivity contribution in [1.82, 2.24) is 5.32 Å². The van der Waals surface area contributed by atoms with Crippen LogP contribution >= 0.6 is 0 Å². The molecule has 3 N–H and O–H groups in total. The monoisotopic (exact) mass is 242 g/mol. The van der Waals surface area contributed by atoms with Gasteiger partial charge < -0.3 is 15.8 Å². The van der Waals surface area contributed by atoms with Crippen LogP contribution in [0, 0.1) is 5.92 Å². The molecule has 1 aliphatic carbocycles. The molecule has 0 aromatic carbocycles. The number of rotatable bonds is 5. The minimum Gasteiger partial charge on any atom is -0.385 e. The normalized spacial score (nSPS) is 27.2. The summed E-state index contributed by atoms with van der Waals surface area (Å²) in [5, 5.41) is 3.07. The van der Waals surface area contributed by atoms with Crippen LogP contribution in [-0.2, 0) is 9.53 Å². The third-order valence-electron chi connectivity index (χ3n) is 3.57. The summed E-state index contributed by atoms with van der Waals surface area (Å²) >= 11 is 0. The fourth-order valence-corrected chi connectivity index (χ4v) is 2.32. The first-order valence-electron chi connectivity index (χ1n) is 6.68. The molecule has 100 valence electrons. The maximum Gasteiger partial charge on any atom is 0.237 e. The minimum atomic E-state index is -0.435.